The van der Waals surface area contributed by atoms with Crippen LogP contribution in [0.2, 0.25) is 0 Å². The number of anilines is 1. The van der Waals surface area contributed by atoms with Gasteiger partial charge < -0.3 is 19.7 Å². The maximum absolute atomic E-state index is 10.5. The highest BCUT2D eigenvalue weighted by molar-refractivity contribution is 5.88. The molecule has 1 aromatic carbocycles. The van der Waals surface area contributed by atoms with Crippen LogP contribution in [0.15, 0.2) is 36.5 Å². The molecule has 190 valence electrons. The summed E-state index contributed by atoms with van der Waals surface area (Å²) in [7, 11) is 5.41. The lowest BCUT2D eigenvalue weighted by molar-refractivity contribution is 0.0690. The minimum atomic E-state index is -1.00. The number of benzene rings is 1. The highest BCUT2D eigenvalue weighted by Crippen LogP contribution is 2.53. The van der Waals surface area contributed by atoms with Gasteiger partial charge in [-0.25, -0.2) is 9.78 Å². The zero-order valence-corrected chi connectivity index (χ0v) is 22.0. The Labute approximate surface area is 209 Å². The van der Waals surface area contributed by atoms with Crippen LogP contribution < -0.4 is 9.64 Å². The van der Waals surface area contributed by atoms with Gasteiger partial charge in [-0.2, -0.15) is 0 Å². The second kappa shape index (κ2) is 11.6. The Morgan fingerprint density at radius 3 is 2.43 bits per heavy atom. The summed E-state index contributed by atoms with van der Waals surface area (Å²) >= 11 is 0. The molecule has 2 aliphatic rings. The van der Waals surface area contributed by atoms with Gasteiger partial charge in [0, 0.05) is 43.3 Å². The highest BCUT2D eigenvalue weighted by Gasteiger charge is 2.44. The minimum Gasteiger partial charge on any atom is -0.496 e. The van der Waals surface area contributed by atoms with Crippen LogP contribution in [0.5, 0.6) is 5.75 Å². The molecule has 1 saturated carbocycles. The van der Waals surface area contributed by atoms with E-state index in [1.165, 1.54) is 66.9 Å². The fourth-order valence-electron chi connectivity index (χ4n) is 4.66. The fraction of sp³-hybridized carbons (Fsp3) is 0.500. The number of aromatic nitrogens is 2. The number of hydrogen-bond donors (Lipinski definition) is 2. The van der Waals surface area contributed by atoms with Gasteiger partial charge in [0.15, 0.2) is 5.69 Å². The van der Waals surface area contributed by atoms with Crippen molar-refractivity contribution in [1.29, 1.82) is 0 Å². The Morgan fingerprint density at radius 2 is 1.86 bits per heavy atom. The van der Waals surface area contributed by atoms with Gasteiger partial charge in [-0.15, -0.1) is 0 Å². The van der Waals surface area contributed by atoms with Crippen molar-refractivity contribution in [1.82, 2.24) is 14.9 Å². The zero-order valence-electron chi connectivity index (χ0n) is 22.0. The number of nitrogens with one attached hydrogen (secondary N) is 1. The third-order valence-electron chi connectivity index (χ3n) is 7.00. The number of H-pyrrole nitrogens is 1. The predicted molar refractivity (Wildman–Crippen MR) is 143 cm³/mol. The van der Waals surface area contributed by atoms with Crippen molar-refractivity contribution in [2.45, 2.75) is 53.0 Å². The third-order valence-corrected chi connectivity index (χ3v) is 7.00. The van der Waals surface area contributed by atoms with E-state index in [0.29, 0.717) is 5.82 Å². The van der Waals surface area contributed by atoms with E-state index in [2.05, 4.69) is 33.9 Å². The van der Waals surface area contributed by atoms with Gasteiger partial charge in [0.05, 0.1) is 7.11 Å². The first kappa shape index (κ1) is 26.5. The number of nitrogens with zero attached hydrogens (tertiary/aromatic N) is 3. The maximum Gasteiger partial charge on any atom is 0.354 e. The van der Waals surface area contributed by atoms with Crippen molar-refractivity contribution in [3.05, 3.63) is 53.3 Å². The number of fused-ring (bicyclic) bond motifs is 1. The number of aryl methyl sites for hydroxylation is 1. The molecule has 3 heterocycles. The second-order valence-corrected chi connectivity index (χ2v) is 9.50. The number of aromatic amines is 1. The first-order valence-electron chi connectivity index (χ1n) is 12.6. The van der Waals surface area contributed by atoms with E-state index in [-0.39, 0.29) is 5.69 Å². The van der Waals surface area contributed by atoms with E-state index in [9.17, 15) is 4.79 Å². The highest BCUT2D eigenvalue weighted by atomic mass is 16.5. The molecule has 5 rings (SSSR count). The van der Waals surface area contributed by atoms with E-state index in [4.69, 9.17) is 9.84 Å². The predicted octanol–water partition coefficient (Wildman–Crippen LogP) is 5.73. The van der Waals surface area contributed by atoms with Crippen molar-refractivity contribution in [2.75, 3.05) is 39.2 Å². The van der Waals surface area contributed by atoms with E-state index < -0.39 is 5.97 Å². The van der Waals surface area contributed by atoms with E-state index in [1.807, 2.05) is 34.1 Å². The standard InChI is InChI=1S/C18H24N2O.C8H10N2O2.C2H6/c1-13-11-16(21-2)15(14-3-8-19-17(13)14)12-20-9-6-18(4-5-18)7-10-20;1-10(2)7-5-3-4-6(9-7)8(11)12;1-2/h3,8,11,19H,4-7,9-10,12H2,1-2H3;3-5H,1-2H3,(H,11,12);1-2H3. The Morgan fingerprint density at radius 1 is 1.17 bits per heavy atom. The number of carboxylic acid groups (broad SMARTS) is 1. The van der Waals surface area contributed by atoms with Crippen molar-refractivity contribution in [3.63, 3.8) is 0 Å². The van der Waals surface area contributed by atoms with Crippen LogP contribution in [0.1, 0.15) is 61.1 Å². The topological polar surface area (TPSA) is 81.7 Å². The molecule has 2 N–H and O–H groups in total. The summed E-state index contributed by atoms with van der Waals surface area (Å²) in [6, 6.07) is 9.25. The molecular weight excluding hydrogens is 440 g/mol. The first-order chi connectivity index (χ1) is 16.8. The average molecular weight is 481 g/mol. The van der Waals surface area contributed by atoms with Gasteiger partial charge in [-0.05, 0) is 80.9 Å². The summed E-state index contributed by atoms with van der Waals surface area (Å²) in [5, 5.41) is 9.93. The zero-order chi connectivity index (χ0) is 25.6. The molecule has 1 aliphatic heterocycles. The van der Waals surface area contributed by atoms with Gasteiger partial charge in [-0.1, -0.05) is 19.9 Å². The molecule has 35 heavy (non-hydrogen) atoms. The monoisotopic (exact) mass is 480 g/mol. The van der Waals surface area contributed by atoms with Crippen LogP contribution >= 0.6 is 0 Å². The maximum atomic E-state index is 10.5. The van der Waals surface area contributed by atoms with Gasteiger partial charge in [0.1, 0.15) is 11.6 Å². The molecule has 2 fully saturated rings. The smallest absolute Gasteiger partial charge is 0.354 e. The molecule has 1 spiro atoms. The Kier molecular flexibility index (Phi) is 8.78. The third kappa shape index (κ3) is 6.34. The molecule has 2 aromatic heterocycles. The van der Waals surface area contributed by atoms with Gasteiger partial charge in [0.25, 0.3) is 0 Å². The molecule has 7 heteroatoms. The Balaban J connectivity index is 0.000000210. The summed E-state index contributed by atoms with van der Waals surface area (Å²) in [4.78, 5) is 22.1. The lowest BCUT2D eigenvalue weighted by atomic mass is 9.93. The van der Waals surface area contributed by atoms with Crippen molar-refractivity contribution < 1.29 is 14.6 Å². The van der Waals surface area contributed by atoms with Crippen LogP contribution in [0.25, 0.3) is 10.9 Å². The van der Waals surface area contributed by atoms with Crippen LogP contribution in [-0.2, 0) is 6.54 Å². The number of ether oxygens (including phenoxy) is 1. The summed E-state index contributed by atoms with van der Waals surface area (Å²) in [5.74, 6) is 0.680. The summed E-state index contributed by atoms with van der Waals surface area (Å²) in [5.41, 5.74) is 4.66. The number of likely N-dealkylation sites (tertiary alicyclic amines) is 1. The minimum absolute atomic E-state index is 0.0706. The summed E-state index contributed by atoms with van der Waals surface area (Å²) in [6.45, 7) is 9.63. The SMILES string of the molecule is CC.CN(C)c1cccc(C(=O)O)n1.COc1cc(C)c2[nH]ccc2c1CN1CCC2(CC1)CC2. The van der Waals surface area contributed by atoms with E-state index in [1.54, 1.807) is 24.1 Å². The first-order valence-corrected chi connectivity index (χ1v) is 12.6. The largest absolute Gasteiger partial charge is 0.496 e. The molecule has 0 radical (unpaired) electrons. The van der Waals surface area contributed by atoms with Crippen LogP contribution in [0.3, 0.4) is 0 Å². The van der Waals surface area contributed by atoms with Gasteiger partial charge in [0.2, 0.25) is 0 Å². The van der Waals surface area contributed by atoms with Crippen molar-refractivity contribution in [2.24, 2.45) is 5.41 Å². The normalized spacial score (nSPS) is 16.1. The van der Waals surface area contributed by atoms with Gasteiger partial charge >= 0.3 is 5.97 Å². The summed E-state index contributed by atoms with van der Waals surface area (Å²) in [6.07, 6.45) is 7.75. The summed E-state index contributed by atoms with van der Waals surface area (Å²) < 4.78 is 5.66. The van der Waals surface area contributed by atoms with Crippen LogP contribution in [0.4, 0.5) is 5.82 Å². The molecule has 0 amide bonds. The fourth-order valence-corrected chi connectivity index (χ4v) is 4.66. The van der Waals surface area contributed by atoms with Crippen LogP contribution in [0, 0.1) is 12.3 Å². The van der Waals surface area contributed by atoms with Crippen LogP contribution in [-0.4, -0.2) is 60.2 Å². The number of rotatable bonds is 5. The molecule has 3 aromatic rings. The van der Waals surface area contributed by atoms with E-state index in [0.717, 1.165) is 17.7 Å². The number of pyridine rings is 1. The Bertz CT molecular complexity index is 1120. The average Bonchev–Trinajstić information content (AvgIpc) is 3.43. The second-order valence-electron chi connectivity index (χ2n) is 9.50. The number of methoxy groups -OCH3 is 1. The molecule has 0 atom stereocenters. The number of hydrogen-bond acceptors (Lipinski definition) is 5. The number of carbonyl (C=O) groups is 1. The quantitative estimate of drug-likeness (QED) is 0.485. The molecular formula is C28H40N4O3. The molecule has 0 bridgehead atoms. The lowest BCUT2D eigenvalue weighted by Gasteiger charge is -2.32. The number of aromatic carboxylic acids is 1. The Hall–Kier alpha value is -3.06. The van der Waals surface area contributed by atoms with Crippen molar-refractivity contribution >= 4 is 22.7 Å². The molecule has 0 unspecified atom stereocenters. The van der Waals surface area contributed by atoms with Gasteiger partial charge in [-0.3, -0.25) is 4.90 Å². The molecule has 7 nitrogen and oxygen atoms in total. The van der Waals surface area contributed by atoms with E-state index >= 15 is 0 Å². The number of piperidine rings is 1. The molecule has 1 aliphatic carbocycles. The van der Waals surface area contributed by atoms with Crippen molar-refractivity contribution in [3.8, 4) is 5.75 Å². The number of carboxylic acids is 1. The lowest BCUT2D eigenvalue weighted by Crippen LogP contribution is -2.34. The molecule has 1 saturated heterocycles.